The molecule has 0 aliphatic carbocycles. The van der Waals surface area contributed by atoms with E-state index in [9.17, 15) is 14.7 Å². The van der Waals surface area contributed by atoms with Crippen molar-refractivity contribution in [3.63, 3.8) is 0 Å². The number of hydrogen-bond acceptors (Lipinski definition) is 4. The van der Waals surface area contributed by atoms with Gasteiger partial charge in [-0.2, -0.15) is 0 Å². The average molecular weight is 385 g/mol. The van der Waals surface area contributed by atoms with Crippen molar-refractivity contribution in [2.75, 3.05) is 19.3 Å². The Bertz CT molecular complexity index is 794. The summed E-state index contributed by atoms with van der Waals surface area (Å²) >= 11 is 1.64. The van der Waals surface area contributed by atoms with Crippen LogP contribution in [0.25, 0.3) is 0 Å². The maximum absolute atomic E-state index is 12.8. The minimum Gasteiger partial charge on any atom is -0.481 e. The molecule has 6 heteroatoms. The van der Waals surface area contributed by atoms with Crippen LogP contribution < -0.4 is 4.74 Å². The molecule has 1 aliphatic rings. The maximum atomic E-state index is 12.8. The van der Waals surface area contributed by atoms with Crippen LogP contribution >= 0.6 is 11.8 Å². The molecular weight excluding hydrogens is 362 g/mol. The Morgan fingerprint density at radius 2 is 1.78 bits per heavy atom. The summed E-state index contributed by atoms with van der Waals surface area (Å²) < 4.78 is 5.78. The van der Waals surface area contributed by atoms with Crippen molar-refractivity contribution in [1.29, 1.82) is 0 Å². The van der Waals surface area contributed by atoms with E-state index in [4.69, 9.17) is 4.74 Å². The van der Waals surface area contributed by atoms with Gasteiger partial charge in [0.2, 0.25) is 0 Å². The molecule has 3 atom stereocenters. The fraction of sp³-hybridized carbons (Fsp3) is 0.333. The first-order chi connectivity index (χ1) is 13.0. The van der Waals surface area contributed by atoms with Gasteiger partial charge in [0.15, 0.2) is 6.10 Å². The van der Waals surface area contributed by atoms with Crippen molar-refractivity contribution in [3.05, 3.63) is 60.2 Å². The molecule has 1 amide bonds. The summed E-state index contributed by atoms with van der Waals surface area (Å²) in [5, 5.41) is 9.60. The molecule has 1 unspecified atom stereocenters. The van der Waals surface area contributed by atoms with Gasteiger partial charge in [0.1, 0.15) is 5.75 Å². The van der Waals surface area contributed by atoms with Crippen LogP contribution in [-0.4, -0.2) is 47.3 Å². The highest BCUT2D eigenvalue weighted by atomic mass is 32.2. The monoisotopic (exact) mass is 385 g/mol. The lowest BCUT2D eigenvalue weighted by atomic mass is 9.89. The van der Waals surface area contributed by atoms with Crippen LogP contribution in [-0.2, 0) is 9.59 Å². The highest BCUT2D eigenvalue weighted by Crippen LogP contribution is 2.33. The van der Waals surface area contributed by atoms with Crippen molar-refractivity contribution < 1.29 is 19.4 Å². The molecule has 1 fully saturated rings. The lowest BCUT2D eigenvalue weighted by molar-refractivity contribution is -0.142. The van der Waals surface area contributed by atoms with Gasteiger partial charge in [-0.05, 0) is 43.0 Å². The lowest BCUT2D eigenvalue weighted by Gasteiger charge is -2.22. The number of thioether (sulfide) groups is 1. The molecule has 3 rings (SSSR count). The van der Waals surface area contributed by atoms with Gasteiger partial charge >= 0.3 is 5.97 Å². The van der Waals surface area contributed by atoms with Gasteiger partial charge in [0.05, 0.1) is 5.92 Å². The normalized spacial score (nSPS) is 20.3. The third kappa shape index (κ3) is 4.45. The molecule has 5 nitrogen and oxygen atoms in total. The number of hydrogen-bond donors (Lipinski definition) is 1. The third-order valence-corrected chi connectivity index (χ3v) is 5.64. The molecular formula is C21H23NO4S. The summed E-state index contributed by atoms with van der Waals surface area (Å²) in [6.45, 7) is 2.29. The van der Waals surface area contributed by atoms with Crippen LogP contribution in [0.3, 0.4) is 0 Å². The maximum Gasteiger partial charge on any atom is 0.308 e. The molecule has 1 N–H and O–H groups in total. The smallest absolute Gasteiger partial charge is 0.308 e. The van der Waals surface area contributed by atoms with Gasteiger partial charge in [-0.1, -0.05) is 30.3 Å². The number of carboxylic acid groups (broad SMARTS) is 1. The SMILES string of the molecule is CSc1ccc(OC(C)C(=O)N2C[C@H](C(=O)O)[C@H](c3ccccc3)C2)cc1. The first kappa shape index (κ1) is 19.3. The van der Waals surface area contributed by atoms with Crippen LogP contribution in [0.5, 0.6) is 5.75 Å². The molecule has 0 radical (unpaired) electrons. The molecule has 2 aromatic rings. The van der Waals surface area contributed by atoms with Gasteiger partial charge in [0, 0.05) is 23.9 Å². The number of carbonyl (C=O) groups is 2. The number of nitrogens with zero attached hydrogens (tertiary/aromatic N) is 1. The number of carbonyl (C=O) groups excluding carboxylic acids is 1. The summed E-state index contributed by atoms with van der Waals surface area (Å²) in [5.74, 6) is -1.25. The van der Waals surface area contributed by atoms with Crippen molar-refractivity contribution in [2.24, 2.45) is 5.92 Å². The Morgan fingerprint density at radius 1 is 1.11 bits per heavy atom. The van der Waals surface area contributed by atoms with E-state index in [2.05, 4.69) is 0 Å². The zero-order chi connectivity index (χ0) is 19.4. The molecule has 0 aromatic heterocycles. The highest BCUT2D eigenvalue weighted by Gasteiger charge is 2.41. The van der Waals surface area contributed by atoms with Crippen LogP contribution in [0.1, 0.15) is 18.4 Å². The number of ether oxygens (including phenoxy) is 1. The van der Waals surface area contributed by atoms with Gasteiger partial charge in [-0.15, -0.1) is 11.8 Å². The molecule has 2 aromatic carbocycles. The minimum absolute atomic E-state index is 0.186. The molecule has 1 heterocycles. The first-order valence-electron chi connectivity index (χ1n) is 8.87. The van der Waals surface area contributed by atoms with Crippen LogP contribution in [0, 0.1) is 5.92 Å². The Balaban J connectivity index is 1.69. The highest BCUT2D eigenvalue weighted by molar-refractivity contribution is 7.98. The molecule has 142 valence electrons. The Morgan fingerprint density at radius 3 is 2.37 bits per heavy atom. The summed E-state index contributed by atoms with van der Waals surface area (Å²) in [5.41, 5.74) is 0.946. The van der Waals surface area contributed by atoms with Gasteiger partial charge in [0.25, 0.3) is 5.91 Å². The molecule has 0 bridgehead atoms. The van der Waals surface area contributed by atoms with Crippen molar-refractivity contribution >= 4 is 23.6 Å². The summed E-state index contributed by atoms with van der Waals surface area (Å²) in [6.07, 6.45) is 1.33. The second kappa shape index (κ2) is 8.48. The van der Waals surface area contributed by atoms with Crippen LogP contribution in [0.2, 0.25) is 0 Å². The van der Waals surface area contributed by atoms with E-state index in [1.807, 2.05) is 60.9 Å². The van der Waals surface area contributed by atoms with Crippen molar-refractivity contribution in [1.82, 2.24) is 4.90 Å². The number of aliphatic carboxylic acids is 1. The summed E-state index contributed by atoms with van der Waals surface area (Å²) in [7, 11) is 0. The van der Waals surface area contributed by atoms with E-state index >= 15 is 0 Å². The standard InChI is InChI=1S/C21H23NO4S/c1-14(26-16-8-10-17(27-2)11-9-16)20(23)22-12-18(19(13-22)21(24)25)15-6-4-3-5-7-15/h3-11,14,18-19H,12-13H2,1-2H3,(H,24,25)/t14?,18-,19-/m0/s1. The fourth-order valence-corrected chi connectivity index (χ4v) is 3.85. The molecule has 0 saturated carbocycles. The predicted molar refractivity (Wildman–Crippen MR) is 105 cm³/mol. The zero-order valence-electron chi connectivity index (χ0n) is 15.4. The topological polar surface area (TPSA) is 66.8 Å². The van der Waals surface area contributed by atoms with E-state index in [-0.39, 0.29) is 18.4 Å². The minimum atomic E-state index is -0.875. The first-order valence-corrected chi connectivity index (χ1v) is 10.1. The van der Waals surface area contributed by atoms with Gasteiger partial charge in [-0.3, -0.25) is 9.59 Å². The molecule has 1 aliphatic heterocycles. The van der Waals surface area contributed by atoms with E-state index in [1.54, 1.807) is 23.6 Å². The second-order valence-corrected chi connectivity index (χ2v) is 7.52. The number of likely N-dealkylation sites (tertiary alicyclic amines) is 1. The number of carboxylic acids is 1. The van der Waals surface area contributed by atoms with E-state index < -0.39 is 18.0 Å². The molecule has 27 heavy (non-hydrogen) atoms. The molecule has 0 spiro atoms. The van der Waals surface area contributed by atoms with E-state index in [0.717, 1.165) is 10.5 Å². The van der Waals surface area contributed by atoms with Crippen molar-refractivity contribution in [3.8, 4) is 5.75 Å². The summed E-state index contributed by atoms with van der Waals surface area (Å²) in [4.78, 5) is 27.3. The summed E-state index contributed by atoms with van der Waals surface area (Å²) in [6, 6.07) is 17.1. The Hall–Kier alpha value is -2.47. The van der Waals surface area contributed by atoms with Gasteiger partial charge < -0.3 is 14.7 Å². The third-order valence-electron chi connectivity index (χ3n) is 4.90. The van der Waals surface area contributed by atoms with Crippen LogP contribution in [0.15, 0.2) is 59.5 Å². The number of amides is 1. The van der Waals surface area contributed by atoms with Crippen molar-refractivity contribution in [2.45, 2.75) is 23.8 Å². The molecule has 1 saturated heterocycles. The van der Waals surface area contributed by atoms with Gasteiger partial charge in [-0.25, -0.2) is 0 Å². The largest absolute Gasteiger partial charge is 0.481 e. The number of rotatable bonds is 6. The Labute approximate surface area is 163 Å². The van der Waals surface area contributed by atoms with E-state index in [1.165, 1.54) is 0 Å². The fourth-order valence-electron chi connectivity index (χ4n) is 3.44. The van der Waals surface area contributed by atoms with Crippen LogP contribution in [0.4, 0.5) is 0 Å². The average Bonchev–Trinajstić information content (AvgIpc) is 3.14. The lowest BCUT2D eigenvalue weighted by Crippen LogP contribution is -2.39. The number of benzene rings is 2. The van der Waals surface area contributed by atoms with E-state index in [0.29, 0.717) is 12.3 Å². The second-order valence-electron chi connectivity index (χ2n) is 6.64. The quantitative estimate of drug-likeness (QED) is 0.771. The zero-order valence-corrected chi connectivity index (χ0v) is 16.2. The predicted octanol–water partition coefficient (Wildman–Crippen LogP) is 3.50. The Kier molecular flexibility index (Phi) is 6.06.